The zero-order chi connectivity index (χ0) is 16.9. The van der Waals surface area contributed by atoms with Gasteiger partial charge in [0.1, 0.15) is 12.8 Å². The summed E-state index contributed by atoms with van der Waals surface area (Å²) in [4.78, 5) is 11.6. The summed E-state index contributed by atoms with van der Waals surface area (Å²) in [5, 5.41) is 6.23. The van der Waals surface area contributed by atoms with Gasteiger partial charge in [-0.3, -0.25) is 10.1 Å². The van der Waals surface area contributed by atoms with Crippen molar-refractivity contribution in [3.63, 3.8) is 0 Å². The van der Waals surface area contributed by atoms with Crippen molar-refractivity contribution in [2.45, 2.75) is 19.2 Å². The largest absolute Gasteiger partial charge is 0.493 e. The molecule has 2 aromatic rings. The van der Waals surface area contributed by atoms with E-state index in [9.17, 15) is 4.79 Å². The average Bonchev–Trinajstić information content (AvgIpc) is 2.61. The van der Waals surface area contributed by atoms with E-state index in [1.807, 2.05) is 42.5 Å². The van der Waals surface area contributed by atoms with E-state index in [-0.39, 0.29) is 12.1 Å². The van der Waals surface area contributed by atoms with Crippen LogP contribution in [0.4, 0.5) is 0 Å². The molecule has 0 saturated carbocycles. The molecular weight excluding hydrogens is 419 g/mol. The lowest BCUT2D eigenvalue weighted by molar-refractivity contribution is -0.123. The van der Waals surface area contributed by atoms with Crippen molar-refractivity contribution < 1.29 is 14.3 Å². The van der Waals surface area contributed by atoms with Crippen molar-refractivity contribution in [3.05, 3.63) is 57.2 Å². The highest BCUT2D eigenvalue weighted by Gasteiger charge is 2.22. The van der Waals surface area contributed by atoms with E-state index in [1.165, 1.54) is 0 Å². The third kappa shape index (κ3) is 3.99. The summed E-state index contributed by atoms with van der Waals surface area (Å²) in [5.74, 6) is 1.43. The number of hydrogen-bond acceptors (Lipinski definition) is 4. The minimum atomic E-state index is -0.197. The van der Waals surface area contributed by atoms with Crippen LogP contribution in [0.5, 0.6) is 11.5 Å². The second kappa shape index (κ2) is 7.85. The van der Waals surface area contributed by atoms with E-state index in [0.29, 0.717) is 31.1 Å². The van der Waals surface area contributed by atoms with Gasteiger partial charge in [0, 0.05) is 13.0 Å². The lowest BCUT2D eigenvalue weighted by Crippen LogP contribution is -2.44. The van der Waals surface area contributed by atoms with Crippen molar-refractivity contribution in [1.29, 1.82) is 0 Å². The molecule has 2 N–H and O–H groups in total. The van der Waals surface area contributed by atoms with Crippen molar-refractivity contribution in [3.8, 4) is 11.5 Å². The molecular formula is C18H19IN2O3. The van der Waals surface area contributed by atoms with Gasteiger partial charge in [0.05, 0.1) is 10.7 Å². The van der Waals surface area contributed by atoms with Gasteiger partial charge in [0.15, 0.2) is 11.5 Å². The zero-order valence-electron chi connectivity index (χ0n) is 13.3. The van der Waals surface area contributed by atoms with E-state index in [0.717, 1.165) is 14.7 Å². The number of rotatable bonds is 5. The lowest BCUT2D eigenvalue weighted by atomic mass is 10.1. The number of amides is 1. The van der Waals surface area contributed by atoms with Crippen LogP contribution < -0.4 is 20.1 Å². The number of carbonyl (C=O) groups excluding carboxylic acids is 1. The molecule has 1 fully saturated rings. The number of carbonyl (C=O) groups is 1. The molecule has 3 rings (SSSR count). The standard InChI is InChI=1S/C18H19IN2O3/c1-23-15-10-13(18-20-8-7-16(22)21-18)9-14(19)17(15)24-11-12-5-3-2-4-6-12/h2-6,9-10,18,20H,7-8,11H2,1H3,(H,21,22)/t18-/m1/s1. The first-order chi connectivity index (χ1) is 11.7. The quantitative estimate of drug-likeness (QED) is 0.705. The Kier molecular flexibility index (Phi) is 5.57. The Morgan fingerprint density at radius 2 is 2.04 bits per heavy atom. The van der Waals surface area contributed by atoms with Gasteiger partial charge in [-0.2, -0.15) is 0 Å². The highest BCUT2D eigenvalue weighted by molar-refractivity contribution is 14.1. The van der Waals surface area contributed by atoms with Crippen molar-refractivity contribution >= 4 is 28.5 Å². The van der Waals surface area contributed by atoms with Crippen molar-refractivity contribution in [2.75, 3.05) is 13.7 Å². The molecule has 126 valence electrons. The number of nitrogens with one attached hydrogen (secondary N) is 2. The summed E-state index contributed by atoms with van der Waals surface area (Å²) in [7, 11) is 1.62. The minimum Gasteiger partial charge on any atom is -0.493 e. The van der Waals surface area contributed by atoms with Crippen LogP contribution >= 0.6 is 22.6 Å². The van der Waals surface area contributed by atoms with Gasteiger partial charge in [0.2, 0.25) is 5.91 Å². The number of hydrogen-bond donors (Lipinski definition) is 2. The van der Waals surface area contributed by atoms with Crippen LogP contribution in [0.25, 0.3) is 0 Å². The summed E-state index contributed by atoms with van der Waals surface area (Å²) < 4.78 is 12.4. The molecule has 24 heavy (non-hydrogen) atoms. The molecule has 1 heterocycles. The maximum absolute atomic E-state index is 11.6. The van der Waals surface area contributed by atoms with Crippen LogP contribution in [0.3, 0.4) is 0 Å². The fourth-order valence-electron chi connectivity index (χ4n) is 2.59. The predicted octanol–water partition coefficient (Wildman–Crippen LogP) is 2.99. The molecule has 0 aliphatic carbocycles. The minimum absolute atomic E-state index is 0.0529. The van der Waals surface area contributed by atoms with Crippen LogP contribution in [0.2, 0.25) is 0 Å². The smallest absolute Gasteiger partial charge is 0.222 e. The average molecular weight is 438 g/mol. The van der Waals surface area contributed by atoms with Gasteiger partial charge >= 0.3 is 0 Å². The van der Waals surface area contributed by atoms with Crippen LogP contribution in [0.15, 0.2) is 42.5 Å². The van der Waals surface area contributed by atoms with E-state index in [1.54, 1.807) is 7.11 Å². The van der Waals surface area contributed by atoms with Crippen LogP contribution in [-0.4, -0.2) is 19.6 Å². The van der Waals surface area contributed by atoms with E-state index >= 15 is 0 Å². The second-order valence-electron chi connectivity index (χ2n) is 5.51. The SMILES string of the molecule is COc1cc([C@@H]2NCCC(=O)N2)cc(I)c1OCc1ccccc1. The number of methoxy groups -OCH3 is 1. The van der Waals surface area contributed by atoms with Gasteiger partial charge in [-0.15, -0.1) is 0 Å². The van der Waals surface area contributed by atoms with E-state index in [4.69, 9.17) is 9.47 Å². The maximum atomic E-state index is 11.6. The molecule has 0 spiro atoms. The first-order valence-corrected chi connectivity index (χ1v) is 8.82. The molecule has 1 aliphatic rings. The van der Waals surface area contributed by atoms with Crippen molar-refractivity contribution in [1.82, 2.24) is 10.6 Å². The first kappa shape index (κ1) is 17.0. The van der Waals surface area contributed by atoms with Crippen molar-refractivity contribution in [2.24, 2.45) is 0 Å². The second-order valence-corrected chi connectivity index (χ2v) is 6.68. The van der Waals surface area contributed by atoms with E-state index < -0.39 is 0 Å². The molecule has 1 atom stereocenters. The highest BCUT2D eigenvalue weighted by atomic mass is 127. The molecule has 2 aromatic carbocycles. The van der Waals surface area contributed by atoms with Crippen LogP contribution in [-0.2, 0) is 11.4 Å². The summed E-state index contributed by atoms with van der Waals surface area (Å²) in [6.07, 6.45) is 0.306. The predicted molar refractivity (Wildman–Crippen MR) is 100.0 cm³/mol. The number of halogens is 1. The van der Waals surface area contributed by atoms with Crippen LogP contribution in [0, 0.1) is 3.57 Å². The van der Waals surface area contributed by atoms with Gasteiger partial charge in [-0.25, -0.2) is 0 Å². The Hall–Kier alpha value is -1.80. The van der Waals surface area contributed by atoms with E-state index in [2.05, 4.69) is 33.2 Å². The molecule has 1 saturated heterocycles. The van der Waals surface area contributed by atoms with Gasteiger partial charge in [-0.1, -0.05) is 30.3 Å². The molecule has 1 aliphatic heterocycles. The van der Waals surface area contributed by atoms with Gasteiger partial charge in [0.25, 0.3) is 0 Å². The number of ether oxygens (including phenoxy) is 2. The fraction of sp³-hybridized carbons (Fsp3) is 0.278. The summed E-state index contributed by atoms with van der Waals surface area (Å²) >= 11 is 2.23. The lowest BCUT2D eigenvalue weighted by Gasteiger charge is -2.26. The first-order valence-electron chi connectivity index (χ1n) is 7.74. The zero-order valence-corrected chi connectivity index (χ0v) is 15.5. The molecule has 0 bridgehead atoms. The Morgan fingerprint density at radius 3 is 2.75 bits per heavy atom. The molecule has 0 aromatic heterocycles. The third-order valence-electron chi connectivity index (χ3n) is 3.82. The molecule has 0 radical (unpaired) electrons. The Bertz CT molecular complexity index is 722. The third-order valence-corrected chi connectivity index (χ3v) is 4.62. The monoisotopic (exact) mass is 438 g/mol. The topological polar surface area (TPSA) is 59.6 Å². The fourth-order valence-corrected chi connectivity index (χ4v) is 3.37. The molecule has 0 unspecified atom stereocenters. The number of benzene rings is 2. The Balaban J connectivity index is 1.81. The Morgan fingerprint density at radius 1 is 1.25 bits per heavy atom. The highest BCUT2D eigenvalue weighted by Crippen LogP contribution is 2.36. The molecule has 1 amide bonds. The summed E-state index contributed by atoms with van der Waals surface area (Å²) in [6.45, 7) is 1.15. The van der Waals surface area contributed by atoms with Crippen LogP contribution in [0.1, 0.15) is 23.7 Å². The molecule has 6 heteroatoms. The Labute approximate surface area is 154 Å². The van der Waals surface area contributed by atoms with Gasteiger partial charge < -0.3 is 14.8 Å². The summed E-state index contributed by atoms with van der Waals surface area (Å²) in [5.41, 5.74) is 2.05. The molecule has 5 nitrogen and oxygen atoms in total. The normalized spacial score (nSPS) is 17.2. The summed E-state index contributed by atoms with van der Waals surface area (Å²) in [6, 6.07) is 13.9. The van der Waals surface area contributed by atoms with Gasteiger partial charge in [-0.05, 0) is 45.9 Å². The maximum Gasteiger partial charge on any atom is 0.222 e.